The molecule has 0 unspecified atom stereocenters. The first kappa shape index (κ1) is 10.6. The van der Waals surface area contributed by atoms with E-state index in [9.17, 15) is 0 Å². The van der Waals surface area contributed by atoms with Gasteiger partial charge in [0.05, 0.1) is 12.8 Å². The molecule has 3 heteroatoms. The minimum Gasteiger partial charge on any atom is -0.497 e. The van der Waals surface area contributed by atoms with Gasteiger partial charge in [0, 0.05) is 18.2 Å². The van der Waals surface area contributed by atoms with Crippen LogP contribution in [0, 0.1) is 0 Å². The summed E-state index contributed by atoms with van der Waals surface area (Å²) >= 11 is 0. The number of benzene rings is 1. The maximum atomic E-state index is 5.12. The molecule has 0 fully saturated rings. The first-order valence-corrected chi connectivity index (χ1v) is 5.30. The van der Waals surface area contributed by atoms with Crippen LogP contribution < -0.4 is 4.74 Å². The summed E-state index contributed by atoms with van der Waals surface area (Å²) in [5, 5.41) is 0. The number of rotatable bonds is 3. The lowest BCUT2D eigenvalue weighted by atomic mass is 10.1. The number of hydrogen-bond acceptors (Lipinski definition) is 3. The summed E-state index contributed by atoms with van der Waals surface area (Å²) in [7, 11) is 1.66. The smallest absolute Gasteiger partial charge is 0.128 e. The molecule has 0 atom stereocenters. The first-order valence-electron chi connectivity index (χ1n) is 5.30. The lowest BCUT2D eigenvalue weighted by Gasteiger charge is -2.04. The topological polar surface area (TPSA) is 35.0 Å². The van der Waals surface area contributed by atoms with Crippen LogP contribution in [0.25, 0.3) is 11.3 Å². The van der Waals surface area contributed by atoms with Gasteiger partial charge < -0.3 is 4.74 Å². The predicted octanol–water partition coefficient (Wildman–Crippen LogP) is 2.71. The number of nitrogens with zero attached hydrogens (tertiary/aromatic N) is 2. The van der Waals surface area contributed by atoms with Crippen LogP contribution in [-0.4, -0.2) is 17.1 Å². The van der Waals surface area contributed by atoms with Crippen molar-refractivity contribution in [3.63, 3.8) is 0 Å². The van der Waals surface area contributed by atoms with Gasteiger partial charge in [0.15, 0.2) is 0 Å². The molecule has 0 radical (unpaired) electrons. The number of methoxy groups -OCH3 is 1. The zero-order valence-electron chi connectivity index (χ0n) is 9.47. The second kappa shape index (κ2) is 4.75. The minimum absolute atomic E-state index is 0.851. The lowest BCUT2D eigenvalue weighted by molar-refractivity contribution is 0.415. The third-order valence-electron chi connectivity index (χ3n) is 2.41. The highest BCUT2D eigenvalue weighted by atomic mass is 16.5. The molecule has 2 rings (SSSR count). The Balaban J connectivity index is 2.34. The van der Waals surface area contributed by atoms with Crippen LogP contribution >= 0.6 is 0 Å². The monoisotopic (exact) mass is 214 g/mol. The molecule has 0 saturated heterocycles. The molecule has 3 nitrogen and oxygen atoms in total. The molecule has 1 aromatic heterocycles. The normalized spacial score (nSPS) is 10.1. The van der Waals surface area contributed by atoms with Gasteiger partial charge >= 0.3 is 0 Å². The van der Waals surface area contributed by atoms with Gasteiger partial charge in [0.25, 0.3) is 0 Å². The SMILES string of the molecule is CCc1nccc(-c2ccc(OC)cc2)n1. The number of aryl methyl sites for hydroxylation is 1. The molecule has 0 N–H and O–H groups in total. The largest absolute Gasteiger partial charge is 0.497 e. The molecular weight excluding hydrogens is 200 g/mol. The number of aromatic nitrogens is 2. The van der Waals surface area contributed by atoms with Gasteiger partial charge in [-0.3, -0.25) is 0 Å². The summed E-state index contributed by atoms with van der Waals surface area (Å²) in [4.78, 5) is 8.65. The van der Waals surface area contributed by atoms with Crippen LogP contribution in [0.1, 0.15) is 12.7 Å². The molecule has 0 bridgehead atoms. The highest BCUT2D eigenvalue weighted by Crippen LogP contribution is 2.20. The quantitative estimate of drug-likeness (QED) is 0.788. The van der Waals surface area contributed by atoms with E-state index in [1.807, 2.05) is 37.3 Å². The minimum atomic E-state index is 0.851. The fourth-order valence-corrected chi connectivity index (χ4v) is 1.49. The van der Waals surface area contributed by atoms with Crippen LogP contribution in [0.15, 0.2) is 36.5 Å². The highest BCUT2D eigenvalue weighted by molar-refractivity contribution is 5.59. The molecule has 82 valence electrons. The third kappa shape index (κ3) is 2.19. The van der Waals surface area contributed by atoms with Crippen molar-refractivity contribution in [2.24, 2.45) is 0 Å². The molecular formula is C13H14N2O. The number of hydrogen-bond donors (Lipinski definition) is 0. The Morgan fingerprint density at radius 1 is 1.12 bits per heavy atom. The van der Waals surface area contributed by atoms with E-state index in [2.05, 4.69) is 9.97 Å². The zero-order valence-corrected chi connectivity index (χ0v) is 9.47. The van der Waals surface area contributed by atoms with Crippen LogP contribution in [0.3, 0.4) is 0 Å². The molecule has 0 aliphatic rings. The summed E-state index contributed by atoms with van der Waals surface area (Å²) < 4.78 is 5.12. The summed E-state index contributed by atoms with van der Waals surface area (Å²) in [5.41, 5.74) is 2.03. The van der Waals surface area contributed by atoms with Gasteiger partial charge in [-0.2, -0.15) is 0 Å². The predicted molar refractivity (Wildman–Crippen MR) is 63.4 cm³/mol. The van der Waals surface area contributed by atoms with Crippen molar-refractivity contribution in [2.75, 3.05) is 7.11 Å². The van der Waals surface area contributed by atoms with E-state index >= 15 is 0 Å². The second-order valence-electron chi connectivity index (χ2n) is 3.44. The summed E-state index contributed by atoms with van der Waals surface area (Å²) in [6.45, 7) is 2.05. The summed E-state index contributed by atoms with van der Waals surface area (Å²) in [6.07, 6.45) is 2.65. The van der Waals surface area contributed by atoms with Crippen molar-refractivity contribution in [3.8, 4) is 17.0 Å². The second-order valence-corrected chi connectivity index (χ2v) is 3.44. The summed E-state index contributed by atoms with van der Waals surface area (Å²) in [5.74, 6) is 1.72. The molecule has 16 heavy (non-hydrogen) atoms. The van der Waals surface area contributed by atoms with Crippen molar-refractivity contribution in [2.45, 2.75) is 13.3 Å². The molecule has 1 heterocycles. The van der Waals surface area contributed by atoms with Crippen LogP contribution in [0.4, 0.5) is 0 Å². The van der Waals surface area contributed by atoms with Crippen LogP contribution in [0.2, 0.25) is 0 Å². The molecule has 1 aromatic carbocycles. The molecule has 0 aliphatic heterocycles. The fourth-order valence-electron chi connectivity index (χ4n) is 1.49. The van der Waals surface area contributed by atoms with Crippen molar-refractivity contribution >= 4 is 0 Å². The van der Waals surface area contributed by atoms with Crippen molar-refractivity contribution in [1.29, 1.82) is 0 Å². The van der Waals surface area contributed by atoms with Gasteiger partial charge in [-0.05, 0) is 30.3 Å². The number of ether oxygens (including phenoxy) is 1. The maximum absolute atomic E-state index is 5.12. The van der Waals surface area contributed by atoms with Crippen molar-refractivity contribution < 1.29 is 4.74 Å². The van der Waals surface area contributed by atoms with E-state index in [-0.39, 0.29) is 0 Å². The lowest BCUT2D eigenvalue weighted by Crippen LogP contribution is -1.93. The van der Waals surface area contributed by atoms with Gasteiger partial charge in [-0.25, -0.2) is 9.97 Å². The average molecular weight is 214 g/mol. The maximum Gasteiger partial charge on any atom is 0.128 e. The van der Waals surface area contributed by atoms with E-state index < -0.39 is 0 Å². The Kier molecular flexibility index (Phi) is 3.15. The van der Waals surface area contributed by atoms with E-state index in [4.69, 9.17) is 4.74 Å². The Hall–Kier alpha value is -1.90. The van der Waals surface area contributed by atoms with Crippen molar-refractivity contribution in [1.82, 2.24) is 9.97 Å². The molecule has 0 saturated carbocycles. The molecule has 0 aliphatic carbocycles. The highest BCUT2D eigenvalue weighted by Gasteiger charge is 2.01. The van der Waals surface area contributed by atoms with Gasteiger partial charge in [-0.15, -0.1) is 0 Å². The zero-order chi connectivity index (χ0) is 11.4. The Morgan fingerprint density at radius 2 is 1.88 bits per heavy atom. The third-order valence-corrected chi connectivity index (χ3v) is 2.41. The molecule has 2 aromatic rings. The van der Waals surface area contributed by atoms with Crippen LogP contribution in [0.5, 0.6) is 5.75 Å². The van der Waals surface area contributed by atoms with Gasteiger partial charge in [-0.1, -0.05) is 6.92 Å². The first-order chi connectivity index (χ1) is 7.83. The standard InChI is InChI=1S/C13H14N2O/c1-3-13-14-9-8-12(15-13)10-4-6-11(16-2)7-5-10/h4-9H,3H2,1-2H3. The van der Waals surface area contributed by atoms with Crippen molar-refractivity contribution in [3.05, 3.63) is 42.4 Å². The van der Waals surface area contributed by atoms with Crippen LogP contribution in [-0.2, 0) is 6.42 Å². The van der Waals surface area contributed by atoms with E-state index in [0.717, 1.165) is 29.3 Å². The summed E-state index contributed by atoms with van der Waals surface area (Å²) in [6, 6.07) is 9.79. The van der Waals surface area contributed by atoms with E-state index in [1.54, 1.807) is 13.3 Å². The Morgan fingerprint density at radius 3 is 2.50 bits per heavy atom. The Labute approximate surface area is 95.1 Å². The Bertz CT molecular complexity index is 466. The average Bonchev–Trinajstić information content (AvgIpc) is 2.39. The molecule has 0 amide bonds. The van der Waals surface area contributed by atoms with Gasteiger partial charge in [0.1, 0.15) is 11.6 Å². The fraction of sp³-hybridized carbons (Fsp3) is 0.231. The van der Waals surface area contributed by atoms with E-state index in [1.165, 1.54) is 0 Å². The van der Waals surface area contributed by atoms with E-state index in [0.29, 0.717) is 0 Å². The molecule has 0 spiro atoms. The van der Waals surface area contributed by atoms with Gasteiger partial charge in [0.2, 0.25) is 0 Å².